The lowest BCUT2D eigenvalue weighted by atomic mass is 10.1. The molecule has 0 atom stereocenters. The fourth-order valence-corrected chi connectivity index (χ4v) is 1.89. The number of ether oxygens (including phenoxy) is 1. The molecule has 0 fully saturated rings. The topological polar surface area (TPSA) is 72.6 Å². The number of aromatic carboxylic acids is 1. The number of para-hydroxylation sites is 1. The van der Waals surface area contributed by atoms with Crippen LogP contribution in [0.3, 0.4) is 0 Å². The molecule has 0 aliphatic carbocycles. The second kappa shape index (κ2) is 5.56. The molecule has 0 radical (unpaired) electrons. The highest BCUT2D eigenvalue weighted by Crippen LogP contribution is 2.22. The number of aryl methyl sites for hydroxylation is 2. The Kier molecular flexibility index (Phi) is 3.85. The number of aromatic nitrogens is 1. The van der Waals surface area contributed by atoms with Crippen molar-refractivity contribution in [1.29, 1.82) is 0 Å². The second-order valence-electron chi connectivity index (χ2n) is 4.25. The van der Waals surface area contributed by atoms with Gasteiger partial charge in [-0.05, 0) is 25.0 Å². The summed E-state index contributed by atoms with van der Waals surface area (Å²) in [6.07, 6.45) is 1.51. The van der Waals surface area contributed by atoms with E-state index in [4.69, 9.17) is 14.3 Å². The Balaban J connectivity index is 2.01. The summed E-state index contributed by atoms with van der Waals surface area (Å²) >= 11 is 0. The first-order valence-electron chi connectivity index (χ1n) is 5.94. The van der Waals surface area contributed by atoms with Crippen LogP contribution < -0.4 is 4.74 Å². The van der Waals surface area contributed by atoms with Crippen LogP contribution in [0.5, 0.6) is 5.75 Å². The molecule has 1 aromatic carbocycles. The Labute approximate surface area is 110 Å². The molecule has 0 saturated heterocycles. The Morgan fingerprint density at radius 1 is 1.37 bits per heavy atom. The summed E-state index contributed by atoms with van der Waals surface area (Å²) in [6.45, 7) is 4.29. The number of oxazole rings is 1. The van der Waals surface area contributed by atoms with E-state index in [0.29, 0.717) is 18.8 Å². The molecule has 0 amide bonds. The highest BCUT2D eigenvalue weighted by molar-refractivity contribution is 5.86. The van der Waals surface area contributed by atoms with Crippen molar-refractivity contribution in [3.63, 3.8) is 0 Å². The molecule has 2 aromatic rings. The van der Waals surface area contributed by atoms with Gasteiger partial charge in [0.1, 0.15) is 11.5 Å². The van der Waals surface area contributed by atoms with Crippen molar-refractivity contribution >= 4 is 5.97 Å². The summed E-state index contributed by atoms with van der Waals surface area (Å²) < 4.78 is 10.7. The Bertz CT molecular complexity index is 569. The molecule has 0 aliphatic heterocycles. The van der Waals surface area contributed by atoms with Gasteiger partial charge in [-0.15, -0.1) is 0 Å². The predicted octanol–water partition coefficient (Wildman–Crippen LogP) is 2.61. The minimum Gasteiger partial charge on any atom is -0.493 e. The third-order valence-corrected chi connectivity index (χ3v) is 2.83. The summed E-state index contributed by atoms with van der Waals surface area (Å²) in [4.78, 5) is 14.5. The van der Waals surface area contributed by atoms with Gasteiger partial charge in [-0.1, -0.05) is 18.2 Å². The van der Waals surface area contributed by atoms with E-state index in [1.807, 2.05) is 32.0 Å². The Hall–Kier alpha value is -2.30. The van der Waals surface area contributed by atoms with Gasteiger partial charge in [0, 0.05) is 6.42 Å². The number of carbonyl (C=O) groups is 1. The number of nitrogens with zero attached hydrogens (tertiary/aromatic N) is 1. The van der Waals surface area contributed by atoms with E-state index in [0.717, 1.165) is 23.3 Å². The summed E-state index contributed by atoms with van der Waals surface area (Å²) in [5.41, 5.74) is 2.05. The number of hydrogen-bond acceptors (Lipinski definition) is 4. The quantitative estimate of drug-likeness (QED) is 0.895. The molecule has 5 heteroatoms. The lowest BCUT2D eigenvalue weighted by Crippen LogP contribution is -2.07. The van der Waals surface area contributed by atoms with E-state index < -0.39 is 5.97 Å². The van der Waals surface area contributed by atoms with Crippen LogP contribution in [0.15, 0.2) is 29.0 Å². The fraction of sp³-hybridized carbons (Fsp3) is 0.286. The third-order valence-electron chi connectivity index (χ3n) is 2.83. The molecule has 19 heavy (non-hydrogen) atoms. The zero-order valence-electron chi connectivity index (χ0n) is 10.8. The van der Waals surface area contributed by atoms with Crippen LogP contribution in [-0.4, -0.2) is 22.7 Å². The van der Waals surface area contributed by atoms with Crippen LogP contribution in [0.4, 0.5) is 0 Å². The second-order valence-corrected chi connectivity index (χ2v) is 4.25. The van der Waals surface area contributed by atoms with Gasteiger partial charge >= 0.3 is 5.97 Å². The maximum Gasteiger partial charge on any atom is 0.358 e. The average molecular weight is 261 g/mol. The van der Waals surface area contributed by atoms with Crippen molar-refractivity contribution in [2.75, 3.05) is 6.61 Å². The Morgan fingerprint density at radius 3 is 2.68 bits per heavy atom. The van der Waals surface area contributed by atoms with Gasteiger partial charge in [-0.25, -0.2) is 9.78 Å². The van der Waals surface area contributed by atoms with Crippen LogP contribution >= 0.6 is 0 Å². The molecule has 0 saturated carbocycles. The van der Waals surface area contributed by atoms with E-state index in [-0.39, 0.29) is 5.69 Å². The maximum absolute atomic E-state index is 10.9. The van der Waals surface area contributed by atoms with Crippen LogP contribution in [0.1, 0.15) is 27.4 Å². The van der Waals surface area contributed by atoms with Gasteiger partial charge in [0.2, 0.25) is 0 Å². The van der Waals surface area contributed by atoms with Crippen molar-refractivity contribution in [3.8, 4) is 5.75 Å². The van der Waals surface area contributed by atoms with E-state index in [9.17, 15) is 4.79 Å². The van der Waals surface area contributed by atoms with Crippen LogP contribution in [0.25, 0.3) is 0 Å². The maximum atomic E-state index is 10.9. The monoisotopic (exact) mass is 261 g/mol. The summed E-state index contributed by atoms with van der Waals surface area (Å²) in [5, 5.41) is 8.90. The van der Waals surface area contributed by atoms with E-state index in [1.165, 1.54) is 0 Å². The number of carboxylic acid groups (broad SMARTS) is 1. The summed E-state index contributed by atoms with van der Waals surface area (Å²) in [5.74, 6) is 0.0773. The zero-order chi connectivity index (χ0) is 13.8. The van der Waals surface area contributed by atoms with Crippen LogP contribution in [-0.2, 0) is 6.42 Å². The van der Waals surface area contributed by atoms with Crippen molar-refractivity contribution in [2.45, 2.75) is 20.3 Å². The van der Waals surface area contributed by atoms with E-state index in [1.54, 1.807) is 0 Å². The lowest BCUT2D eigenvalue weighted by molar-refractivity contribution is 0.0688. The van der Waals surface area contributed by atoms with Crippen molar-refractivity contribution < 1.29 is 19.1 Å². The number of carboxylic acids is 1. The first-order valence-corrected chi connectivity index (χ1v) is 5.94. The highest BCUT2D eigenvalue weighted by atomic mass is 16.5. The molecule has 0 unspecified atom stereocenters. The molecule has 1 N–H and O–H groups in total. The van der Waals surface area contributed by atoms with Gasteiger partial charge in [-0.2, -0.15) is 0 Å². The van der Waals surface area contributed by atoms with Crippen LogP contribution in [0.2, 0.25) is 0 Å². The Morgan fingerprint density at radius 2 is 2.05 bits per heavy atom. The van der Waals surface area contributed by atoms with Gasteiger partial charge < -0.3 is 14.3 Å². The van der Waals surface area contributed by atoms with E-state index in [2.05, 4.69) is 4.98 Å². The first-order chi connectivity index (χ1) is 9.09. The standard InChI is InChI=1S/C14H15NO4/c1-9-4-3-5-10(2)13(9)18-7-6-11-12(14(16)17)15-8-19-11/h3-5,8H,6-7H2,1-2H3,(H,16,17). The molecule has 1 heterocycles. The van der Waals surface area contributed by atoms with Crippen molar-refractivity contribution in [3.05, 3.63) is 47.2 Å². The molecule has 5 nitrogen and oxygen atoms in total. The number of rotatable bonds is 5. The van der Waals surface area contributed by atoms with Crippen LogP contribution in [0, 0.1) is 13.8 Å². The van der Waals surface area contributed by atoms with Gasteiger partial charge in [0.25, 0.3) is 0 Å². The summed E-state index contributed by atoms with van der Waals surface area (Å²) in [6, 6.07) is 5.91. The first kappa shape index (κ1) is 13.1. The molecule has 100 valence electrons. The molecule has 1 aromatic heterocycles. The molecule has 2 rings (SSSR count). The molecule has 0 bridgehead atoms. The normalized spacial score (nSPS) is 10.4. The van der Waals surface area contributed by atoms with Gasteiger partial charge in [-0.3, -0.25) is 0 Å². The van der Waals surface area contributed by atoms with Crippen molar-refractivity contribution in [2.24, 2.45) is 0 Å². The number of benzene rings is 1. The van der Waals surface area contributed by atoms with Gasteiger partial charge in [0.15, 0.2) is 12.1 Å². The van der Waals surface area contributed by atoms with E-state index >= 15 is 0 Å². The fourth-order valence-electron chi connectivity index (χ4n) is 1.89. The predicted molar refractivity (Wildman–Crippen MR) is 68.6 cm³/mol. The SMILES string of the molecule is Cc1cccc(C)c1OCCc1ocnc1C(=O)O. The summed E-state index contributed by atoms with van der Waals surface area (Å²) in [7, 11) is 0. The van der Waals surface area contributed by atoms with Crippen molar-refractivity contribution in [1.82, 2.24) is 4.98 Å². The third kappa shape index (κ3) is 2.93. The van der Waals surface area contributed by atoms with Gasteiger partial charge in [0.05, 0.1) is 6.61 Å². The average Bonchev–Trinajstić information content (AvgIpc) is 2.81. The minimum atomic E-state index is -1.09. The smallest absolute Gasteiger partial charge is 0.358 e. The molecular weight excluding hydrogens is 246 g/mol. The molecular formula is C14H15NO4. The zero-order valence-corrected chi connectivity index (χ0v) is 10.8. The molecule has 0 aliphatic rings. The number of hydrogen-bond donors (Lipinski definition) is 1. The largest absolute Gasteiger partial charge is 0.493 e. The molecule has 0 spiro atoms. The minimum absolute atomic E-state index is 0.0508. The lowest BCUT2D eigenvalue weighted by Gasteiger charge is -2.11. The highest BCUT2D eigenvalue weighted by Gasteiger charge is 2.15.